The highest BCUT2D eigenvalue weighted by molar-refractivity contribution is 5.94. The molecule has 0 spiro atoms. The Morgan fingerprint density at radius 3 is 2.88 bits per heavy atom. The molecule has 1 fully saturated rings. The molecule has 1 aliphatic carbocycles. The Balaban J connectivity index is 1.62. The number of nitrogens with zero attached hydrogens (tertiary/aromatic N) is 4. The fourth-order valence-electron chi connectivity index (χ4n) is 3.35. The average molecular weight is 346 g/mol. The van der Waals surface area contributed by atoms with Gasteiger partial charge in [-0.05, 0) is 19.3 Å². The molecule has 0 radical (unpaired) electrons. The summed E-state index contributed by atoms with van der Waals surface area (Å²) < 4.78 is 16.7. The Morgan fingerprint density at radius 1 is 1.24 bits per heavy atom. The first kappa shape index (κ1) is 16.3. The Morgan fingerprint density at radius 2 is 2.08 bits per heavy atom. The predicted octanol–water partition coefficient (Wildman–Crippen LogP) is 2.27. The van der Waals surface area contributed by atoms with Gasteiger partial charge in [0.1, 0.15) is 11.8 Å². The molecule has 8 nitrogen and oxygen atoms in total. The molecule has 0 N–H and O–H groups in total. The summed E-state index contributed by atoms with van der Waals surface area (Å²) in [5.41, 5.74) is 1.38. The molecule has 0 bridgehead atoms. The molecule has 4 rings (SSSR count). The van der Waals surface area contributed by atoms with Gasteiger partial charge in [-0.25, -0.2) is 0 Å². The largest absolute Gasteiger partial charge is 0.423 e. The van der Waals surface area contributed by atoms with E-state index in [9.17, 15) is 4.79 Å². The zero-order valence-electron chi connectivity index (χ0n) is 14.5. The van der Waals surface area contributed by atoms with Crippen molar-refractivity contribution >= 4 is 5.91 Å². The van der Waals surface area contributed by atoms with Gasteiger partial charge in [0.05, 0.1) is 13.2 Å². The van der Waals surface area contributed by atoms with Crippen molar-refractivity contribution in [3.63, 3.8) is 0 Å². The standard InChI is InChI=1S/C17H22N4O4/c1-10(2)15-18-19-16(24-15)12-9-23-8-7-21(12)17(22)14-11-5-3-4-6-13(11)25-20-14/h10,12H,3-9H2,1-2H3/t12-/m0/s1. The van der Waals surface area contributed by atoms with Crippen molar-refractivity contribution in [3.05, 3.63) is 28.8 Å². The van der Waals surface area contributed by atoms with Crippen LogP contribution < -0.4 is 0 Å². The first-order chi connectivity index (χ1) is 12.1. The molecule has 8 heteroatoms. The van der Waals surface area contributed by atoms with E-state index in [-0.39, 0.29) is 11.8 Å². The minimum Gasteiger partial charge on any atom is -0.423 e. The quantitative estimate of drug-likeness (QED) is 0.841. The summed E-state index contributed by atoms with van der Waals surface area (Å²) in [7, 11) is 0. The summed E-state index contributed by atoms with van der Waals surface area (Å²) in [6, 6.07) is -0.391. The van der Waals surface area contributed by atoms with E-state index in [1.165, 1.54) is 0 Å². The number of rotatable bonds is 3. The molecule has 3 heterocycles. The van der Waals surface area contributed by atoms with E-state index in [0.717, 1.165) is 37.0 Å². The predicted molar refractivity (Wildman–Crippen MR) is 86.1 cm³/mol. The van der Waals surface area contributed by atoms with Crippen molar-refractivity contribution < 1.29 is 18.5 Å². The number of hydrogen-bond acceptors (Lipinski definition) is 7. The van der Waals surface area contributed by atoms with Gasteiger partial charge in [0.2, 0.25) is 11.8 Å². The summed E-state index contributed by atoms with van der Waals surface area (Å²) in [6.07, 6.45) is 3.83. The Labute approximate surface area is 145 Å². The van der Waals surface area contributed by atoms with Crippen molar-refractivity contribution in [1.82, 2.24) is 20.3 Å². The van der Waals surface area contributed by atoms with Gasteiger partial charge in [0.15, 0.2) is 5.69 Å². The molecule has 2 aromatic heterocycles. The van der Waals surface area contributed by atoms with Gasteiger partial charge >= 0.3 is 0 Å². The number of fused-ring (bicyclic) bond motifs is 1. The summed E-state index contributed by atoms with van der Waals surface area (Å²) in [4.78, 5) is 14.8. The Bertz CT molecular complexity index is 767. The zero-order valence-corrected chi connectivity index (χ0v) is 14.5. The molecule has 25 heavy (non-hydrogen) atoms. The average Bonchev–Trinajstić information content (AvgIpc) is 3.28. The molecule has 1 aliphatic heterocycles. The monoisotopic (exact) mass is 346 g/mol. The maximum atomic E-state index is 13.1. The fraction of sp³-hybridized carbons (Fsp3) is 0.647. The SMILES string of the molecule is CC(C)c1nnc([C@@H]2COCCN2C(=O)c2noc3c2CCCC3)o1. The van der Waals surface area contributed by atoms with Crippen molar-refractivity contribution in [1.29, 1.82) is 0 Å². The van der Waals surface area contributed by atoms with Crippen LogP contribution in [0.1, 0.15) is 72.2 Å². The van der Waals surface area contributed by atoms with Crippen LogP contribution >= 0.6 is 0 Å². The number of aromatic nitrogens is 3. The van der Waals surface area contributed by atoms with Crippen molar-refractivity contribution in [3.8, 4) is 0 Å². The molecule has 1 atom stereocenters. The van der Waals surface area contributed by atoms with Gasteiger partial charge < -0.3 is 18.6 Å². The van der Waals surface area contributed by atoms with E-state index in [2.05, 4.69) is 15.4 Å². The summed E-state index contributed by atoms with van der Waals surface area (Å²) >= 11 is 0. The van der Waals surface area contributed by atoms with Crippen LogP contribution in [0.3, 0.4) is 0 Å². The number of carbonyl (C=O) groups is 1. The minimum atomic E-state index is -0.391. The van der Waals surface area contributed by atoms with E-state index >= 15 is 0 Å². The van der Waals surface area contributed by atoms with Crippen LogP contribution in [0.5, 0.6) is 0 Å². The third-order valence-electron chi connectivity index (χ3n) is 4.78. The highest BCUT2D eigenvalue weighted by Crippen LogP contribution is 2.30. The second kappa shape index (κ2) is 6.59. The van der Waals surface area contributed by atoms with Gasteiger partial charge in [-0.15, -0.1) is 10.2 Å². The lowest BCUT2D eigenvalue weighted by molar-refractivity contribution is -0.0113. The molecule has 2 aliphatic rings. The van der Waals surface area contributed by atoms with Crippen molar-refractivity contribution in [2.75, 3.05) is 19.8 Å². The lowest BCUT2D eigenvalue weighted by atomic mass is 9.96. The summed E-state index contributed by atoms with van der Waals surface area (Å²) in [5, 5.41) is 12.3. The molecule has 0 unspecified atom stereocenters. The molecular weight excluding hydrogens is 324 g/mol. The summed E-state index contributed by atoms with van der Waals surface area (Å²) in [5.74, 6) is 1.81. The third kappa shape index (κ3) is 2.95. The van der Waals surface area contributed by atoms with Gasteiger partial charge in [0.25, 0.3) is 5.91 Å². The van der Waals surface area contributed by atoms with E-state index in [0.29, 0.717) is 37.2 Å². The van der Waals surface area contributed by atoms with Crippen LogP contribution in [0.2, 0.25) is 0 Å². The number of aryl methyl sites for hydroxylation is 1. The Hall–Kier alpha value is -2.22. The van der Waals surface area contributed by atoms with E-state index in [1.807, 2.05) is 13.8 Å². The van der Waals surface area contributed by atoms with Gasteiger partial charge in [-0.3, -0.25) is 4.79 Å². The third-order valence-corrected chi connectivity index (χ3v) is 4.78. The normalized spacial score (nSPS) is 20.8. The highest BCUT2D eigenvalue weighted by Gasteiger charge is 2.36. The van der Waals surface area contributed by atoms with Crippen LogP contribution in [0.4, 0.5) is 0 Å². The number of ether oxygens (including phenoxy) is 1. The molecular formula is C17H22N4O4. The molecule has 0 aromatic carbocycles. The molecule has 134 valence electrons. The number of morpholine rings is 1. The second-order valence-corrected chi connectivity index (χ2v) is 6.86. The lowest BCUT2D eigenvalue weighted by Crippen LogP contribution is -2.44. The number of carbonyl (C=O) groups excluding carboxylic acids is 1. The Kier molecular flexibility index (Phi) is 4.29. The first-order valence-electron chi connectivity index (χ1n) is 8.84. The van der Waals surface area contributed by atoms with Crippen LogP contribution in [0.15, 0.2) is 8.94 Å². The van der Waals surface area contributed by atoms with Crippen LogP contribution in [0.25, 0.3) is 0 Å². The maximum Gasteiger partial charge on any atom is 0.277 e. The summed E-state index contributed by atoms with van der Waals surface area (Å²) in [6.45, 7) is 5.25. The zero-order chi connectivity index (χ0) is 17.4. The second-order valence-electron chi connectivity index (χ2n) is 6.86. The molecule has 1 saturated heterocycles. The van der Waals surface area contributed by atoms with Crippen molar-refractivity contribution in [2.24, 2.45) is 0 Å². The number of hydrogen-bond donors (Lipinski definition) is 0. The number of amides is 1. The molecule has 0 saturated carbocycles. The smallest absolute Gasteiger partial charge is 0.277 e. The van der Waals surface area contributed by atoms with E-state index in [1.54, 1.807) is 4.90 Å². The topological polar surface area (TPSA) is 94.5 Å². The maximum absolute atomic E-state index is 13.1. The van der Waals surface area contributed by atoms with Crippen molar-refractivity contribution in [2.45, 2.75) is 51.5 Å². The fourth-order valence-corrected chi connectivity index (χ4v) is 3.35. The van der Waals surface area contributed by atoms with Crippen LogP contribution in [-0.4, -0.2) is 45.9 Å². The van der Waals surface area contributed by atoms with E-state index < -0.39 is 6.04 Å². The van der Waals surface area contributed by atoms with Gasteiger partial charge in [0, 0.05) is 24.4 Å². The van der Waals surface area contributed by atoms with Gasteiger partial charge in [-0.1, -0.05) is 19.0 Å². The first-order valence-corrected chi connectivity index (χ1v) is 8.84. The molecule has 1 amide bonds. The van der Waals surface area contributed by atoms with Gasteiger partial charge in [-0.2, -0.15) is 0 Å². The van der Waals surface area contributed by atoms with Crippen LogP contribution in [-0.2, 0) is 17.6 Å². The highest BCUT2D eigenvalue weighted by atomic mass is 16.5. The lowest BCUT2D eigenvalue weighted by Gasteiger charge is -2.33. The minimum absolute atomic E-state index is 0.137. The van der Waals surface area contributed by atoms with E-state index in [4.69, 9.17) is 13.7 Å². The van der Waals surface area contributed by atoms with Crippen LogP contribution in [0, 0.1) is 0 Å². The molecule has 2 aromatic rings.